The Morgan fingerprint density at radius 1 is 1.39 bits per heavy atom. The third kappa shape index (κ3) is 4.48. The molecular weight excluding hydrogens is 266 g/mol. The number of aromatic nitrogens is 2. The molecule has 0 aliphatic heterocycles. The smallest absolute Gasteiger partial charge is 0.0850 e. The van der Waals surface area contributed by atoms with Crippen LogP contribution >= 0.6 is 23.4 Å². The van der Waals surface area contributed by atoms with Gasteiger partial charge >= 0.3 is 0 Å². The highest BCUT2D eigenvalue weighted by atomic mass is 35.5. The Bertz CT molecular complexity index is 377. The lowest BCUT2D eigenvalue weighted by Gasteiger charge is -2.12. The van der Waals surface area contributed by atoms with Crippen molar-refractivity contribution in [1.29, 1.82) is 0 Å². The summed E-state index contributed by atoms with van der Waals surface area (Å²) in [7, 11) is 1.94. The highest BCUT2D eigenvalue weighted by molar-refractivity contribution is 7.99. The van der Waals surface area contributed by atoms with E-state index in [1.165, 1.54) is 0 Å². The number of hydrogen-bond donors (Lipinski definition) is 1. The summed E-state index contributed by atoms with van der Waals surface area (Å²) in [4.78, 5) is 0. The molecule has 0 aliphatic carbocycles. The van der Waals surface area contributed by atoms with E-state index in [0.717, 1.165) is 40.8 Å². The van der Waals surface area contributed by atoms with Gasteiger partial charge < -0.3 is 5.73 Å². The van der Waals surface area contributed by atoms with Gasteiger partial charge in [0.25, 0.3) is 0 Å². The number of nitrogens with two attached hydrogens (primary N) is 1. The minimum absolute atomic E-state index is 0.145. The van der Waals surface area contributed by atoms with Gasteiger partial charge in [-0.15, -0.1) is 0 Å². The molecule has 1 aromatic heterocycles. The van der Waals surface area contributed by atoms with Crippen molar-refractivity contribution >= 4 is 23.4 Å². The Balaban J connectivity index is 2.53. The van der Waals surface area contributed by atoms with Crippen LogP contribution in [0.5, 0.6) is 0 Å². The zero-order valence-corrected chi connectivity index (χ0v) is 13.3. The zero-order valence-electron chi connectivity index (χ0n) is 11.7. The minimum atomic E-state index is 0.145. The van der Waals surface area contributed by atoms with E-state index in [9.17, 15) is 0 Å². The third-order valence-electron chi connectivity index (χ3n) is 2.74. The number of rotatable bonds is 7. The van der Waals surface area contributed by atoms with Gasteiger partial charge in [0.1, 0.15) is 0 Å². The standard InChI is InChI=1S/C13H24ClN3S/c1-5-11-13(14)12(17(4)16-11)6-10(15)8-18-7-9(2)3/h9-10H,5-8,15H2,1-4H3. The Kier molecular flexibility index (Phi) is 6.53. The number of nitrogens with zero attached hydrogens (tertiary/aromatic N) is 2. The lowest BCUT2D eigenvalue weighted by molar-refractivity contribution is 0.649. The van der Waals surface area contributed by atoms with Crippen molar-refractivity contribution in [1.82, 2.24) is 9.78 Å². The van der Waals surface area contributed by atoms with Crippen LogP contribution in [-0.2, 0) is 19.9 Å². The highest BCUT2D eigenvalue weighted by Gasteiger charge is 2.15. The monoisotopic (exact) mass is 289 g/mol. The van der Waals surface area contributed by atoms with Crippen LogP contribution in [0.15, 0.2) is 0 Å². The zero-order chi connectivity index (χ0) is 13.7. The van der Waals surface area contributed by atoms with E-state index in [0.29, 0.717) is 5.92 Å². The normalized spacial score (nSPS) is 13.3. The van der Waals surface area contributed by atoms with E-state index >= 15 is 0 Å². The van der Waals surface area contributed by atoms with Crippen LogP contribution in [0, 0.1) is 5.92 Å². The minimum Gasteiger partial charge on any atom is -0.327 e. The summed E-state index contributed by atoms with van der Waals surface area (Å²) >= 11 is 8.23. The molecule has 104 valence electrons. The van der Waals surface area contributed by atoms with Crippen LogP contribution in [0.1, 0.15) is 32.2 Å². The molecule has 1 atom stereocenters. The van der Waals surface area contributed by atoms with Crippen LogP contribution in [0.4, 0.5) is 0 Å². The maximum absolute atomic E-state index is 6.31. The van der Waals surface area contributed by atoms with Crippen molar-refractivity contribution in [3.63, 3.8) is 0 Å². The van der Waals surface area contributed by atoms with Crippen molar-refractivity contribution in [3.05, 3.63) is 16.4 Å². The molecule has 5 heteroatoms. The van der Waals surface area contributed by atoms with Gasteiger partial charge in [-0.1, -0.05) is 32.4 Å². The van der Waals surface area contributed by atoms with Gasteiger partial charge in [0, 0.05) is 25.3 Å². The summed E-state index contributed by atoms with van der Waals surface area (Å²) < 4.78 is 1.87. The first-order valence-corrected chi connectivity index (χ1v) is 8.02. The van der Waals surface area contributed by atoms with Crippen LogP contribution < -0.4 is 5.73 Å². The molecule has 0 amide bonds. The van der Waals surface area contributed by atoms with Crippen molar-refractivity contribution in [2.75, 3.05) is 11.5 Å². The molecule has 1 aromatic rings. The molecule has 1 rings (SSSR count). The van der Waals surface area contributed by atoms with Crippen molar-refractivity contribution in [2.24, 2.45) is 18.7 Å². The second-order valence-corrected chi connectivity index (χ2v) is 6.53. The largest absolute Gasteiger partial charge is 0.327 e. The second-order valence-electron chi connectivity index (χ2n) is 5.08. The summed E-state index contributed by atoms with van der Waals surface area (Å²) in [6.07, 6.45) is 1.66. The molecule has 0 saturated carbocycles. The lowest BCUT2D eigenvalue weighted by Crippen LogP contribution is -2.27. The van der Waals surface area contributed by atoms with Gasteiger partial charge in [-0.05, 0) is 18.1 Å². The number of hydrogen-bond acceptors (Lipinski definition) is 3. The summed E-state index contributed by atoms with van der Waals surface area (Å²) in [6.45, 7) is 6.52. The molecule has 0 fully saturated rings. The number of thioether (sulfide) groups is 1. The maximum atomic E-state index is 6.31. The second kappa shape index (κ2) is 7.41. The first-order valence-electron chi connectivity index (χ1n) is 6.49. The van der Waals surface area contributed by atoms with Crippen molar-refractivity contribution < 1.29 is 0 Å². The van der Waals surface area contributed by atoms with E-state index in [1.54, 1.807) is 0 Å². The predicted octanol–water partition coefficient (Wildman–Crippen LogP) is 2.89. The molecule has 3 nitrogen and oxygen atoms in total. The van der Waals surface area contributed by atoms with Gasteiger partial charge in [0.05, 0.1) is 16.4 Å². The quantitative estimate of drug-likeness (QED) is 0.839. The molecule has 1 unspecified atom stereocenters. The fourth-order valence-corrected chi connectivity index (χ4v) is 3.20. The maximum Gasteiger partial charge on any atom is 0.0850 e. The summed E-state index contributed by atoms with van der Waals surface area (Å²) in [5, 5.41) is 5.21. The Morgan fingerprint density at radius 3 is 2.56 bits per heavy atom. The first kappa shape index (κ1) is 15.9. The topological polar surface area (TPSA) is 43.8 Å². The number of halogens is 1. The average Bonchev–Trinajstić information content (AvgIpc) is 2.56. The molecule has 0 aliphatic rings. The fourth-order valence-electron chi connectivity index (χ4n) is 1.80. The summed E-state index contributed by atoms with van der Waals surface area (Å²) in [6, 6.07) is 0.145. The lowest BCUT2D eigenvalue weighted by atomic mass is 10.2. The fraction of sp³-hybridized carbons (Fsp3) is 0.769. The molecule has 2 N–H and O–H groups in total. The van der Waals surface area contributed by atoms with Crippen LogP contribution in [0.2, 0.25) is 5.02 Å². The first-order chi connectivity index (χ1) is 8.45. The van der Waals surface area contributed by atoms with Gasteiger partial charge in [-0.25, -0.2) is 0 Å². The SMILES string of the molecule is CCc1nn(C)c(CC(N)CSCC(C)C)c1Cl. The van der Waals surface area contributed by atoms with Crippen LogP contribution in [0.25, 0.3) is 0 Å². The average molecular weight is 290 g/mol. The Hall–Kier alpha value is -0.190. The van der Waals surface area contributed by atoms with Gasteiger partial charge in [-0.2, -0.15) is 16.9 Å². The molecule has 0 spiro atoms. The van der Waals surface area contributed by atoms with Crippen molar-refractivity contribution in [2.45, 2.75) is 39.7 Å². The predicted molar refractivity (Wildman–Crippen MR) is 81.4 cm³/mol. The van der Waals surface area contributed by atoms with Crippen LogP contribution in [0.3, 0.4) is 0 Å². The van der Waals surface area contributed by atoms with Gasteiger partial charge in [0.15, 0.2) is 0 Å². The Morgan fingerprint density at radius 2 is 2.06 bits per heavy atom. The van der Waals surface area contributed by atoms with E-state index in [1.807, 2.05) is 23.5 Å². The van der Waals surface area contributed by atoms with Gasteiger partial charge in [-0.3, -0.25) is 4.68 Å². The van der Waals surface area contributed by atoms with E-state index in [2.05, 4.69) is 25.9 Å². The van der Waals surface area contributed by atoms with E-state index in [4.69, 9.17) is 17.3 Å². The molecule has 0 radical (unpaired) electrons. The highest BCUT2D eigenvalue weighted by Crippen LogP contribution is 2.22. The van der Waals surface area contributed by atoms with Crippen LogP contribution in [-0.4, -0.2) is 27.3 Å². The molecular formula is C13H24ClN3S. The van der Waals surface area contributed by atoms with Gasteiger partial charge in [0.2, 0.25) is 0 Å². The summed E-state index contributed by atoms with van der Waals surface area (Å²) in [5.74, 6) is 2.85. The van der Waals surface area contributed by atoms with Crippen molar-refractivity contribution in [3.8, 4) is 0 Å². The van der Waals surface area contributed by atoms with E-state index < -0.39 is 0 Å². The molecule has 0 saturated heterocycles. The molecule has 0 aromatic carbocycles. The molecule has 1 heterocycles. The molecule has 0 bridgehead atoms. The molecule has 18 heavy (non-hydrogen) atoms. The Labute approximate surface area is 119 Å². The summed E-state index contributed by atoms with van der Waals surface area (Å²) in [5.41, 5.74) is 8.19. The van der Waals surface area contributed by atoms with E-state index in [-0.39, 0.29) is 6.04 Å². The third-order valence-corrected chi connectivity index (χ3v) is 4.74. The number of aryl methyl sites for hydroxylation is 2.